The minimum atomic E-state index is -4.57. The van der Waals surface area contributed by atoms with Crippen LogP contribution in [0.1, 0.15) is 16.1 Å². The number of rotatable bonds is 1. The highest BCUT2D eigenvalue weighted by atomic mass is 19.4. The molecule has 7 heteroatoms. The van der Waals surface area contributed by atoms with Gasteiger partial charge < -0.3 is 4.74 Å². The minimum absolute atomic E-state index is 0.265. The third-order valence-corrected chi connectivity index (χ3v) is 1.66. The second kappa shape index (κ2) is 3.76. The van der Waals surface area contributed by atoms with E-state index in [-0.39, 0.29) is 4.73 Å². The minimum Gasteiger partial charge on any atom is -0.461 e. The van der Waals surface area contributed by atoms with Gasteiger partial charge in [-0.2, -0.15) is 13.2 Å². The Morgan fingerprint density at radius 1 is 1.53 bits per heavy atom. The number of esters is 1. The Kier molecular flexibility index (Phi) is 2.83. The van der Waals surface area contributed by atoms with Crippen LogP contribution in [0.4, 0.5) is 13.2 Å². The summed E-state index contributed by atoms with van der Waals surface area (Å²) in [6, 6.07) is 1.15. The van der Waals surface area contributed by atoms with Gasteiger partial charge in [-0.25, -0.2) is 4.79 Å². The Morgan fingerprint density at radius 2 is 2.13 bits per heavy atom. The fraction of sp³-hybridized carbons (Fsp3) is 0.250. The van der Waals surface area contributed by atoms with Gasteiger partial charge in [-0.15, -0.1) is 0 Å². The average molecular weight is 222 g/mol. The Bertz CT molecular complexity index is 389. The van der Waals surface area contributed by atoms with Gasteiger partial charge in [0.1, 0.15) is 0 Å². The molecule has 1 aromatic heterocycles. The van der Waals surface area contributed by atoms with E-state index >= 15 is 0 Å². The fourth-order valence-corrected chi connectivity index (χ4v) is 0.926. The summed E-state index contributed by atoms with van der Waals surface area (Å²) in [5, 5.41) is 9.05. The summed E-state index contributed by atoms with van der Waals surface area (Å²) in [5.41, 5.74) is -1.62. The van der Waals surface area contributed by atoms with Crippen LogP contribution in [-0.2, 0) is 10.9 Å². The maximum Gasteiger partial charge on any atom is 0.416 e. The van der Waals surface area contributed by atoms with Crippen molar-refractivity contribution in [2.24, 2.45) is 0 Å². The molecule has 0 aromatic carbocycles. The van der Waals surface area contributed by atoms with Gasteiger partial charge in [0, 0.05) is 16.9 Å². The van der Waals surface area contributed by atoms with E-state index in [1.165, 1.54) is 0 Å². The van der Waals surface area contributed by atoms with Crippen molar-refractivity contribution in [2.45, 2.75) is 6.18 Å². The van der Waals surface area contributed by atoms with E-state index in [2.05, 4.69) is 4.74 Å². The van der Waals surface area contributed by atoms with Gasteiger partial charge in [0.25, 0.3) is 0 Å². The summed E-state index contributed by atoms with van der Waals surface area (Å²) in [6.07, 6.45) is -3.86. The number of alkyl halides is 3. The van der Waals surface area contributed by atoms with Crippen molar-refractivity contribution in [1.29, 1.82) is 0 Å². The van der Waals surface area contributed by atoms with Crippen molar-refractivity contribution in [2.75, 3.05) is 7.11 Å². The van der Waals surface area contributed by atoms with Crippen LogP contribution in [0.15, 0.2) is 18.3 Å². The van der Waals surface area contributed by atoms with E-state index in [4.69, 9.17) is 5.21 Å². The third-order valence-electron chi connectivity index (χ3n) is 1.66. The lowest BCUT2D eigenvalue weighted by Crippen LogP contribution is -2.38. The first-order chi connectivity index (χ1) is 6.86. The largest absolute Gasteiger partial charge is 0.461 e. The number of ether oxygens (including phenoxy) is 1. The van der Waals surface area contributed by atoms with Crippen LogP contribution in [0, 0.1) is 0 Å². The van der Waals surface area contributed by atoms with Crippen molar-refractivity contribution in [3.8, 4) is 0 Å². The highest BCUT2D eigenvalue weighted by Gasteiger charge is 2.34. The lowest BCUT2D eigenvalue weighted by molar-refractivity contribution is -0.906. The topological polar surface area (TPSA) is 50.4 Å². The molecule has 1 heterocycles. The average Bonchev–Trinajstić information content (AvgIpc) is 2.15. The smallest absolute Gasteiger partial charge is 0.416 e. The monoisotopic (exact) mass is 222 g/mol. The molecule has 1 rings (SSSR count). The van der Waals surface area contributed by atoms with Gasteiger partial charge in [0.15, 0.2) is 0 Å². The van der Waals surface area contributed by atoms with Crippen LogP contribution in [0.2, 0.25) is 0 Å². The van der Waals surface area contributed by atoms with E-state index < -0.39 is 23.4 Å². The number of pyridine rings is 1. The van der Waals surface area contributed by atoms with Gasteiger partial charge in [-0.05, 0) is 0 Å². The van der Waals surface area contributed by atoms with Gasteiger partial charge in [0.2, 0.25) is 6.20 Å². The predicted molar refractivity (Wildman–Crippen MR) is 40.2 cm³/mol. The number of hydrogen-bond acceptors (Lipinski definition) is 3. The molecule has 0 fully saturated rings. The van der Waals surface area contributed by atoms with E-state index in [9.17, 15) is 18.0 Å². The zero-order valence-corrected chi connectivity index (χ0v) is 7.58. The second-order valence-corrected chi connectivity index (χ2v) is 2.63. The molecule has 15 heavy (non-hydrogen) atoms. The highest BCUT2D eigenvalue weighted by molar-refractivity contribution is 5.85. The summed E-state index contributed by atoms with van der Waals surface area (Å²) >= 11 is 0. The molecule has 1 N–H and O–H groups in total. The number of hydrogen-bond donors (Lipinski definition) is 1. The van der Waals surface area contributed by atoms with E-state index in [1.807, 2.05) is 0 Å². The number of halogens is 3. The summed E-state index contributed by atoms with van der Waals surface area (Å²) in [5.74, 6) is -1.05. The molecule has 0 atom stereocenters. The number of nitrogens with zero attached hydrogens (tertiary/aromatic N) is 1. The van der Waals surface area contributed by atoms with E-state index in [0.717, 1.165) is 13.3 Å². The third kappa shape index (κ3) is 2.36. The molecule has 0 radical (unpaired) electrons. The lowest BCUT2D eigenvalue weighted by Gasteiger charge is -2.04. The maximum absolute atomic E-state index is 12.2. The van der Waals surface area contributed by atoms with Crippen molar-refractivity contribution in [3.05, 3.63) is 29.6 Å². The Hall–Kier alpha value is -1.79. The fourth-order valence-electron chi connectivity index (χ4n) is 0.926. The lowest BCUT2D eigenvalue weighted by atomic mass is 10.2. The second-order valence-electron chi connectivity index (χ2n) is 2.63. The molecule has 1 aromatic rings. The van der Waals surface area contributed by atoms with Crippen molar-refractivity contribution < 1.29 is 32.6 Å². The molecule has 82 valence electrons. The van der Waals surface area contributed by atoms with Crippen LogP contribution in [-0.4, -0.2) is 18.3 Å². The van der Waals surface area contributed by atoms with E-state index in [1.54, 1.807) is 0 Å². The first-order valence-electron chi connectivity index (χ1n) is 3.76. The van der Waals surface area contributed by atoms with Crippen LogP contribution in [0.5, 0.6) is 0 Å². The molecule has 0 bridgehead atoms. The first kappa shape index (κ1) is 11.3. The zero-order valence-electron chi connectivity index (χ0n) is 7.58. The summed E-state index contributed by atoms with van der Waals surface area (Å²) in [7, 11) is 1.00. The molecule has 0 saturated heterocycles. The summed E-state index contributed by atoms with van der Waals surface area (Å²) < 4.78 is 41.1. The Balaban J connectivity index is 3.23. The predicted octanol–water partition coefficient (Wildman–Crippen LogP) is 1.02. The van der Waals surface area contributed by atoms with Gasteiger partial charge in [-0.1, -0.05) is 0 Å². The molecule has 0 saturated carbocycles. The maximum atomic E-state index is 12.2. The van der Waals surface area contributed by atoms with Gasteiger partial charge in [-0.3, -0.25) is 5.21 Å². The normalized spacial score (nSPS) is 11.2. The van der Waals surface area contributed by atoms with Crippen LogP contribution in [0.3, 0.4) is 0 Å². The first-order valence-corrected chi connectivity index (χ1v) is 3.76. The molecule has 0 aliphatic heterocycles. The quantitative estimate of drug-likeness (QED) is 0.438. The Labute approximate surface area is 82.5 Å². The van der Waals surface area contributed by atoms with Gasteiger partial charge >= 0.3 is 17.8 Å². The molecule has 0 amide bonds. The molecule has 0 spiro atoms. The summed E-state index contributed by atoms with van der Waals surface area (Å²) in [4.78, 5) is 10.9. The summed E-state index contributed by atoms with van der Waals surface area (Å²) in [6.45, 7) is 0. The molecular weight excluding hydrogens is 215 g/mol. The van der Waals surface area contributed by atoms with Gasteiger partial charge in [0.05, 0.1) is 12.7 Å². The van der Waals surface area contributed by atoms with Crippen LogP contribution < -0.4 is 4.73 Å². The zero-order chi connectivity index (χ0) is 11.6. The number of aromatic nitrogens is 1. The standard InChI is InChI=1S/C8H7F3NO3/c1-15-7(13)6-4-5(8(9,10)11)2-3-12(6)14/h2-4,14H,1H3/q+1. The van der Waals surface area contributed by atoms with Crippen molar-refractivity contribution in [3.63, 3.8) is 0 Å². The molecule has 4 nitrogen and oxygen atoms in total. The highest BCUT2D eigenvalue weighted by Crippen LogP contribution is 2.28. The molecular formula is C8H7F3NO3+. The molecule has 0 aliphatic carbocycles. The van der Waals surface area contributed by atoms with Crippen LogP contribution >= 0.6 is 0 Å². The Morgan fingerprint density at radius 3 is 2.60 bits per heavy atom. The SMILES string of the molecule is COC(=O)c1cc(C(F)(F)F)cc[n+]1O. The van der Waals surface area contributed by atoms with E-state index in [0.29, 0.717) is 12.1 Å². The van der Waals surface area contributed by atoms with Crippen molar-refractivity contribution in [1.82, 2.24) is 0 Å². The molecule has 0 aliphatic rings. The molecule has 0 unspecified atom stereocenters. The van der Waals surface area contributed by atoms with Crippen LogP contribution in [0.25, 0.3) is 0 Å². The number of carbonyl (C=O) groups excluding carboxylic acids is 1. The number of carbonyl (C=O) groups is 1. The number of methoxy groups -OCH3 is 1. The van der Waals surface area contributed by atoms with Crippen molar-refractivity contribution >= 4 is 5.97 Å².